The zero-order valence-corrected chi connectivity index (χ0v) is 15.4. The Bertz CT molecular complexity index is 721. The van der Waals surface area contributed by atoms with Crippen LogP contribution in [-0.4, -0.2) is 18.5 Å². The molecule has 5 rings (SSSR count). The Morgan fingerprint density at radius 1 is 0.917 bits per heavy atom. The first-order chi connectivity index (χ1) is 11.4. The van der Waals surface area contributed by atoms with Gasteiger partial charge in [0.25, 0.3) is 0 Å². The van der Waals surface area contributed by atoms with Crippen LogP contribution in [0.15, 0.2) is 0 Å². The summed E-state index contributed by atoms with van der Waals surface area (Å²) in [4.78, 5) is 0. The molecule has 5 unspecified atom stereocenters. The van der Waals surface area contributed by atoms with E-state index in [2.05, 4.69) is 34.6 Å². The van der Waals surface area contributed by atoms with E-state index in [1.807, 2.05) is 0 Å². The predicted octanol–water partition coefficient (Wildman–Crippen LogP) is 5.01. The van der Waals surface area contributed by atoms with Gasteiger partial charge in [0, 0.05) is 11.5 Å². The highest BCUT2D eigenvalue weighted by Gasteiger charge is 2.56. The summed E-state index contributed by atoms with van der Waals surface area (Å²) in [6.07, 6.45) is 4.15. The number of ether oxygens (including phenoxy) is 3. The van der Waals surface area contributed by atoms with Crippen molar-refractivity contribution in [3.05, 3.63) is 22.3 Å². The lowest BCUT2D eigenvalue weighted by Gasteiger charge is -2.43. The van der Waals surface area contributed by atoms with E-state index in [-0.39, 0.29) is 5.60 Å². The summed E-state index contributed by atoms with van der Waals surface area (Å²) in [5.74, 6) is 4.51. The second-order valence-corrected chi connectivity index (χ2v) is 8.98. The lowest BCUT2D eigenvalue weighted by molar-refractivity contribution is 0.172. The summed E-state index contributed by atoms with van der Waals surface area (Å²) in [6.45, 7) is 11.9. The molecule has 130 valence electrons. The average molecular weight is 328 g/mol. The number of rotatable bonds is 1. The number of benzene rings is 1. The van der Waals surface area contributed by atoms with E-state index < -0.39 is 0 Å². The van der Waals surface area contributed by atoms with Gasteiger partial charge < -0.3 is 14.2 Å². The third kappa shape index (κ3) is 1.82. The largest absolute Gasteiger partial charge is 0.453 e. The van der Waals surface area contributed by atoms with E-state index in [1.165, 1.54) is 30.4 Å². The fraction of sp³-hybridized carbons (Fsp3) is 0.714. The first kappa shape index (κ1) is 15.1. The van der Waals surface area contributed by atoms with E-state index >= 15 is 0 Å². The third-order valence-electron chi connectivity index (χ3n) is 7.06. The molecule has 0 amide bonds. The van der Waals surface area contributed by atoms with Gasteiger partial charge in [-0.1, -0.05) is 13.8 Å². The molecule has 1 saturated heterocycles. The maximum Gasteiger partial charge on any atom is 0.231 e. The molecule has 0 saturated carbocycles. The number of hydrogen-bond donors (Lipinski definition) is 0. The van der Waals surface area contributed by atoms with E-state index in [0.717, 1.165) is 11.5 Å². The Hall–Kier alpha value is -1.22. The molecule has 5 atom stereocenters. The van der Waals surface area contributed by atoms with Crippen LogP contribution in [0.4, 0.5) is 0 Å². The first-order valence-corrected chi connectivity index (χ1v) is 9.53. The van der Waals surface area contributed by atoms with Gasteiger partial charge in [-0.15, -0.1) is 0 Å². The number of fused-ring (bicyclic) bond motifs is 2. The van der Waals surface area contributed by atoms with Crippen molar-refractivity contribution in [2.24, 2.45) is 5.92 Å². The van der Waals surface area contributed by atoms with Crippen LogP contribution in [0.25, 0.3) is 0 Å². The van der Waals surface area contributed by atoms with Crippen LogP contribution in [0.1, 0.15) is 87.0 Å². The standard InChI is InChI=1S/C21H28O3/c1-10-6-7-13-11(2)8-14(20-21(4,5)24-20)16-12(3)18-19(23-9-22-18)15(10)17(13)16/h10-11,13-14,20H,6-9H2,1-5H3. The average Bonchev–Trinajstić information content (AvgIpc) is 2.95. The zero-order valence-electron chi connectivity index (χ0n) is 15.4. The Kier molecular flexibility index (Phi) is 2.94. The molecule has 0 bridgehead atoms. The molecule has 2 heterocycles. The highest BCUT2D eigenvalue weighted by atomic mass is 16.7. The summed E-state index contributed by atoms with van der Waals surface area (Å²) in [5.41, 5.74) is 5.93. The molecule has 3 nitrogen and oxygen atoms in total. The molecule has 3 heteroatoms. The lowest BCUT2D eigenvalue weighted by atomic mass is 9.61. The van der Waals surface area contributed by atoms with Gasteiger partial charge in [-0.25, -0.2) is 0 Å². The molecule has 24 heavy (non-hydrogen) atoms. The van der Waals surface area contributed by atoms with Crippen molar-refractivity contribution in [3.8, 4) is 11.5 Å². The van der Waals surface area contributed by atoms with Gasteiger partial charge in [-0.05, 0) is 74.5 Å². The monoisotopic (exact) mass is 328 g/mol. The predicted molar refractivity (Wildman–Crippen MR) is 93.2 cm³/mol. The molecule has 0 N–H and O–H groups in total. The van der Waals surface area contributed by atoms with Crippen LogP contribution in [0, 0.1) is 12.8 Å². The van der Waals surface area contributed by atoms with Crippen molar-refractivity contribution < 1.29 is 14.2 Å². The summed E-state index contributed by atoms with van der Waals surface area (Å²) < 4.78 is 18.0. The highest BCUT2D eigenvalue weighted by molar-refractivity contribution is 5.65. The fourth-order valence-electron chi connectivity index (χ4n) is 5.82. The van der Waals surface area contributed by atoms with Crippen LogP contribution in [0.2, 0.25) is 0 Å². The first-order valence-electron chi connectivity index (χ1n) is 9.53. The fourth-order valence-corrected chi connectivity index (χ4v) is 5.82. The molecule has 1 fully saturated rings. The van der Waals surface area contributed by atoms with Crippen molar-refractivity contribution in [3.63, 3.8) is 0 Å². The molecular formula is C21H28O3. The van der Waals surface area contributed by atoms with Crippen LogP contribution in [0.3, 0.4) is 0 Å². The van der Waals surface area contributed by atoms with Crippen LogP contribution < -0.4 is 9.47 Å². The Morgan fingerprint density at radius 3 is 2.33 bits per heavy atom. The van der Waals surface area contributed by atoms with Crippen LogP contribution >= 0.6 is 0 Å². The Balaban J connectivity index is 1.77. The minimum atomic E-state index is 0.0210. The number of epoxide rings is 1. The van der Waals surface area contributed by atoms with Crippen LogP contribution in [0.5, 0.6) is 11.5 Å². The molecule has 0 spiro atoms. The SMILES string of the molecule is Cc1c2c(c3c4c1C(C1OC1(C)C)CC(C)C4CCC3C)OCO2. The minimum absolute atomic E-state index is 0.0210. The second kappa shape index (κ2) is 4.69. The van der Waals surface area contributed by atoms with Crippen molar-refractivity contribution in [2.45, 2.75) is 83.3 Å². The van der Waals surface area contributed by atoms with E-state index in [1.54, 1.807) is 11.1 Å². The molecule has 2 aliphatic carbocycles. The summed E-state index contributed by atoms with van der Waals surface area (Å²) >= 11 is 0. The summed E-state index contributed by atoms with van der Waals surface area (Å²) in [7, 11) is 0. The quantitative estimate of drug-likeness (QED) is 0.679. The lowest BCUT2D eigenvalue weighted by Crippen LogP contribution is -2.31. The van der Waals surface area contributed by atoms with Gasteiger partial charge in [0.2, 0.25) is 6.79 Å². The van der Waals surface area contributed by atoms with E-state index in [0.29, 0.717) is 36.6 Å². The van der Waals surface area contributed by atoms with Gasteiger partial charge in [-0.3, -0.25) is 0 Å². The normalized spacial score (nSPS) is 38.0. The van der Waals surface area contributed by atoms with Gasteiger partial charge in [-0.2, -0.15) is 0 Å². The topological polar surface area (TPSA) is 31.0 Å². The van der Waals surface area contributed by atoms with Gasteiger partial charge >= 0.3 is 0 Å². The number of hydrogen-bond acceptors (Lipinski definition) is 3. The molecule has 2 aliphatic heterocycles. The molecule has 4 aliphatic rings. The van der Waals surface area contributed by atoms with E-state index in [4.69, 9.17) is 14.2 Å². The smallest absolute Gasteiger partial charge is 0.231 e. The van der Waals surface area contributed by atoms with Crippen LogP contribution in [-0.2, 0) is 4.74 Å². The van der Waals surface area contributed by atoms with E-state index in [9.17, 15) is 0 Å². The van der Waals surface area contributed by atoms with Crippen molar-refractivity contribution in [1.29, 1.82) is 0 Å². The maximum atomic E-state index is 6.10. The van der Waals surface area contributed by atoms with Gasteiger partial charge in [0.1, 0.15) is 0 Å². The Morgan fingerprint density at radius 2 is 1.62 bits per heavy atom. The molecule has 1 aromatic rings. The Labute approximate surface area is 144 Å². The van der Waals surface area contributed by atoms with Gasteiger partial charge in [0.05, 0.1) is 11.7 Å². The van der Waals surface area contributed by atoms with Crippen molar-refractivity contribution in [2.75, 3.05) is 6.79 Å². The molecule has 0 aromatic heterocycles. The molecular weight excluding hydrogens is 300 g/mol. The molecule has 0 radical (unpaired) electrons. The minimum Gasteiger partial charge on any atom is -0.453 e. The van der Waals surface area contributed by atoms with Crippen molar-refractivity contribution >= 4 is 0 Å². The zero-order chi connectivity index (χ0) is 16.8. The summed E-state index contributed by atoms with van der Waals surface area (Å²) in [6, 6.07) is 0. The molecule has 1 aromatic carbocycles. The van der Waals surface area contributed by atoms with Gasteiger partial charge in [0.15, 0.2) is 11.5 Å². The summed E-state index contributed by atoms with van der Waals surface area (Å²) in [5, 5.41) is 0. The second-order valence-electron chi connectivity index (χ2n) is 8.98. The third-order valence-corrected chi connectivity index (χ3v) is 7.06. The van der Waals surface area contributed by atoms with Crippen molar-refractivity contribution in [1.82, 2.24) is 0 Å². The maximum absolute atomic E-state index is 6.10. The highest BCUT2D eigenvalue weighted by Crippen LogP contribution is 2.61.